The molecule has 1 N–H and O–H groups in total. The Balaban J connectivity index is 3.93. The summed E-state index contributed by atoms with van der Waals surface area (Å²) in [5.74, 6) is -0.361. The molecule has 82 valence electrons. The normalized spacial score (nSPS) is 14.1. The molecule has 14 heavy (non-hydrogen) atoms. The molecule has 0 aliphatic rings. The first-order valence-electron chi connectivity index (χ1n) is 5.36. The van der Waals surface area contributed by atoms with Crippen molar-refractivity contribution in [3.05, 3.63) is 0 Å². The van der Waals surface area contributed by atoms with Crippen molar-refractivity contribution in [2.75, 3.05) is 6.54 Å². The summed E-state index contributed by atoms with van der Waals surface area (Å²) in [6.07, 6.45) is 4.64. The number of hydrogen-bond acceptors (Lipinski definition) is 2. The molecule has 0 aromatic carbocycles. The first-order valence-corrected chi connectivity index (χ1v) is 5.36. The molecule has 0 amide bonds. The summed E-state index contributed by atoms with van der Waals surface area (Å²) in [6.45, 7) is 6.51. The van der Waals surface area contributed by atoms with Crippen molar-refractivity contribution >= 4 is 11.7 Å². The van der Waals surface area contributed by atoms with Crippen LogP contribution >= 0.6 is 0 Å². The Morgan fingerprint density at radius 1 is 1.43 bits per heavy atom. The minimum atomic E-state index is -0.907. The number of carboxylic acid groups (broad SMARTS) is 1. The SMILES string of the molecule is CCCCC(CC)C/N=C(/C)C(=O)O. The Morgan fingerprint density at radius 2 is 2.07 bits per heavy atom. The molecule has 3 heteroatoms. The van der Waals surface area contributed by atoms with Gasteiger partial charge in [0, 0.05) is 6.54 Å². The predicted molar refractivity (Wildman–Crippen MR) is 58.9 cm³/mol. The Labute approximate surface area is 86.2 Å². The third-order valence-corrected chi connectivity index (χ3v) is 2.44. The van der Waals surface area contributed by atoms with Crippen LogP contribution in [0, 0.1) is 5.92 Å². The zero-order chi connectivity index (χ0) is 11.0. The van der Waals surface area contributed by atoms with Crippen LogP contribution in [0.2, 0.25) is 0 Å². The molecular weight excluding hydrogens is 178 g/mol. The second kappa shape index (κ2) is 7.54. The fourth-order valence-corrected chi connectivity index (χ4v) is 1.25. The molecule has 0 bridgehead atoms. The number of aliphatic carboxylic acids is 1. The highest BCUT2D eigenvalue weighted by molar-refractivity contribution is 6.34. The van der Waals surface area contributed by atoms with Gasteiger partial charge in [0.25, 0.3) is 0 Å². The van der Waals surface area contributed by atoms with Gasteiger partial charge in [0.05, 0.1) is 0 Å². The van der Waals surface area contributed by atoms with Gasteiger partial charge in [-0.3, -0.25) is 4.99 Å². The van der Waals surface area contributed by atoms with Gasteiger partial charge in [0.15, 0.2) is 0 Å². The highest BCUT2D eigenvalue weighted by atomic mass is 16.4. The number of nitrogens with zero attached hydrogens (tertiary/aromatic N) is 1. The van der Waals surface area contributed by atoms with E-state index in [9.17, 15) is 4.79 Å². The monoisotopic (exact) mass is 199 g/mol. The van der Waals surface area contributed by atoms with Crippen LogP contribution in [0.4, 0.5) is 0 Å². The summed E-state index contributed by atoms with van der Waals surface area (Å²) in [5, 5.41) is 8.61. The molecule has 0 saturated carbocycles. The standard InChI is InChI=1S/C11H21NO2/c1-4-6-7-10(5-2)8-12-9(3)11(13)14/h10H,4-8H2,1-3H3,(H,13,14)/b12-9-. The number of carbonyl (C=O) groups is 1. The molecule has 0 aliphatic heterocycles. The maximum absolute atomic E-state index is 10.5. The van der Waals surface area contributed by atoms with Crippen LogP contribution in [-0.4, -0.2) is 23.3 Å². The molecule has 0 saturated heterocycles. The molecule has 0 heterocycles. The van der Waals surface area contributed by atoms with Crippen LogP contribution in [-0.2, 0) is 4.79 Å². The molecule has 0 aromatic rings. The molecule has 0 fully saturated rings. The van der Waals surface area contributed by atoms with Crippen molar-refractivity contribution in [2.24, 2.45) is 10.9 Å². The van der Waals surface area contributed by atoms with Crippen LogP contribution in [0.15, 0.2) is 4.99 Å². The molecule has 0 aromatic heterocycles. The van der Waals surface area contributed by atoms with E-state index in [1.54, 1.807) is 6.92 Å². The fraction of sp³-hybridized carbons (Fsp3) is 0.818. The van der Waals surface area contributed by atoms with Gasteiger partial charge in [-0.05, 0) is 19.3 Å². The fourth-order valence-electron chi connectivity index (χ4n) is 1.25. The van der Waals surface area contributed by atoms with Crippen LogP contribution < -0.4 is 0 Å². The average molecular weight is 199 g/mol. The van der Waals surface area contributed by atoms with E-state index < -0.39 is 5.97 Å². The number of hydrogen-bond donors (Lipinski definition) is 1. The smallest absolute Gasteiger partial charge is 0.349 e. The van der Waals surface area contributed by atoms with E-state index in [1.165, 1.54) is 12.8 Å². The second-order valence-electron chi connectivity index (χ2n) is 3.65. The number of aliphatic imine (C=N–C) groups is 1. The van der Waals surface area contributed by atoms with Gasteiger partial charge in [-0.2, -0.15) is 0 Å². The molecule has 0 spiro atoms. The Hall–Kier alpha value is -0.860. The van der Waals surface area contributed by atoms with Crippen molar-refractivity contribution in [2.45, 2.75) is 46.5 Å². The summed E-state index contributed by atoms with van der Waals surface area (Å²) in [7, 11) is 0. The molecule has 1 atom stereocenters. The second-order valence-corrected chi connectivity index (χ2v) is 3.65. The van der Waals surface area contributed by atoms with Crippen molar-refractivity contribution < 1.29 is 9.90 Å². The Morgan fingerprint density at radius 3 is 2.50 bits per heavy atom. The summed E-state index contributed by atoms with van der Waals surface area (Å²) in [6, 6.07) is 0. The van der Waals surface area contributed by atoms with Gasteiger partial charge in [-0.1, -0.05) is 33.1 Å². The van der Waals surface area contributed by atoms with Crippen molar-refractivity contribution in [3.63, 3.8) is 0 Å². The molecule has 3 nitrogen and oxygen atoms in total. The average Bonchev–Trinajstić information content (AvgIpc) is 2.17. The summed E-state index contributed by atoms with van der Waals surface area (Å²) in [5.41, 5.74) is 0.222. The lowest BCUT2D eigenvalue weighted by atomic mass is 10.00. The largest absolute Gasteiger partial charge is 0.477 e. The van der Waals surface area contributed by atoms with Crippen LogP contribution in [0.5, 0.6) is 0 Å². The Kier molecular flexibility index (Phi) is 7.07. The van der Waals surface area contributed by atoms with E-state index in [2.05, 4.69) is 18.8 Å². The Bertz CT molecular complexity index is 199. The molecule has 0 rings (SSSR count). The third kappa shape index (κ3) is 5.73. The van der Waals surface area contributed by atoms with E-state index >= 15 is 0 Å². The summed E-state index contributed by atoms with van der Waals surface area (Å²) >= 11 is 0. The van der Waals surface area contributed by atoms with E-state index in [0.29, 0.717) is 12.5 Å². The van der Waals surface area contributed by atoms with Crippen molar-refractivity contribution in [1.82, 2.24) is 0 Å². The van der Waals surface area contributed by atoms with Crippen molar-refractivity contribution in [1.29, 1.82) is 0 Å². The number of unbranched alkanes of at least 4 members (excludes halogenated alkanes) is 1. The zero-order valence-electron chi connectivity index (χ0n) is 9.42. The number of carboxylic acids is 1. The van der Waals surface area contributed by atoms with Crippen LogP contribution in [0.1, 0.15) is 46.5 Å². The maximum Gasteiger partial charge on any atom is 0.349 e. The highest BCUT2D eigenvalue weighted by Gasteiger charge is 2.06. The summed E-state index contributed by atoms with van der Waals surface area (Å²) < 4.78 is 0. The zero-order valence-corrected chi connectivity index (χ0v) is 9.42. The minimum Gasteiger partial charge on any atom is -0.477 e. The lowest BCUT2D eigenvalue weighted by molar-refractivity contribution is -0.129. The topological polar surface area (TPSA) is 49.7 Å². The third-order valence-electron chi connectivity index (χ3n) is 2.44. The lowest BCUT2D eigenvalue weighted by Crippen LogP contribution is -2.11. The van der Waals surface area contributed by atoms with E-state index in [-0.39, 0.29) is 5.71 Å². The molecule has 0 radical (unpaired) electrons. The van der Waals surface area contributed by atoms with Gasteiger partial charge in [0.2, 0.25) is 0 Å². The van der Waals surface area contributed by atoms with Crippen LogP contribution in [0.25, 0.3) is 0 Å². The molecular formula is C11H21NO2. The first kappa shape index (κ1) is 13.1. The van der Waals surface area contributed by atoms with E-state index in [1.807, 2.05) is 0 Å². The van der Waals surface area contributed by atoms with Crippen molar-refractivity contribution in [3.8, 4) is 0 Å². The maximum atomic E-state index is 10.5. The van der Waals surface area contributed by atoms with E-state index in [0.717, 1.165) is 12.8 Å². The van der Waals surface area contributed by atoms with Gasteiger partial charge in [-0.25, -0.2) is 4.79 Å². The van der Waals surface area contributed by atoms with Gasteiger partial charge >= 0.3 is 5.97 Å². The van der Waals surface area contributed by atoms with Gasteiger partial charge in [0.1, 0.15) is 5.71 Å². The number of rotatable bonds is 7. The first-order chi connectivity index (χ1) is 6.61. The van der Waals surface area contributed by atoms with Gasteiger partial charge < -0.3 is 5.11 Å². The van der Waals surface area contributed by atoms with Gasteiger partial charge in [-0.15, -0.1) is 0 Å². The predicted octanol–water partition coefficient (Wildman–Crippen LogP) is 2.75. The summed E-state index contributed by atoms with van der Waals surface area (Å²) in [4.78, 5) is 14.5. The quantitative estimate of drug-likeness (QED) is 0.641. The van der Waals surface area contributed by atoms with E-state index in [4.69, 9.17) is 5.11 Å². The lowest BCUT2D eigenvalue weighted by Gasteiger charge is -2.11. The van der Waals surface area contributed by atoms with Crippen LogP contribution in [0.3, 0.4) is 0 Å². The molecule has 1 unspecified atom stereocenters. The minimum absolute atomic E-state index is 0.222. The molecule has 0 aliphatic carbocycles. The highest BCUT2D eigenvalue weighted by Crippen LogP contribution is 2.12.